The molecular weight excluding hydrogens is 176 g/mol. The fraction of sp³-hybridized carbons (Fsp3) is 0.143. The summed E-state index contributed by atoms with van der Waals surface area (Å²) in [7, 11) is 1.21. The van der Waals surface area contributed by atoms with Crippen LogP contribution in [0.1, 0.15) is 10.6 Å². The van der Waals surface area contributed by atoms with Crippen molar-refractivity contribution in [1.82, 2.24) is 0 Å². The summed E-state index contributed by atoms with van der Waals surface area (Å²) in [5.74, 6) is -0.755. The van der Waals surface area contributed by atoms with Crippen LogP contribution in [0, 0.1) is 0 Å². The topological polar surface area (TPSA) is 94.6 Å². The number of primary amides is 1. The van der Waals surface area contributed by atoms with E-state index in [-0.39, 0.29) is 11.4 Å². The van der Waals surface area contributed by atoms with Gasteiger partial charge in [0, 0.05) is 6.07 Å². The van der Waals surface area contributed by atoms with Gasteiger partial charge in [-0.25, -0.2) is 9.59 Å². The van der Waals surface area contributed by atoms with E-state index in [1.165, 1.54) is 19.4 Å². The van der Waals surface area contributed by atoms with Crippen molar-refractivity contribution < 1.29 is 18.7 Å². The zero-order chi connectivity index (χ0) is 9.84. The maximum Gasteiger partial charge on any atom is 0.376 e. The number of carbonyl (C=O) groups excluding carboxylic acids is 2. The van der Waals surface area contributed by atoms with Gasteiger partial charge in [0.2, 0.25) is 5.76 Å². The number of furan rings is 1. The number of hydrogen-bond donors (Lipinski definition) is 2. The average molecular weight is 184 g/mol. The molecule has 0 atom stereocenters. The fourth-order valence-corrected chi connectivity index (χ4v) is 0.791. The minimum absolute atomic E-state index is 0.0821. The molecule has 6 heteroatoms. The molecule has 13 heavy (non-hydrogen) atoms. The predicted molar refractivity (Wildman–Crippen MR) is 43.3 cm³/mol. The predicted octanol–water partition coefficient (Wildman–Crippen LogP) is 0.557. The molecule has 0 aliphatic rings. The van der Waals surface area contributed by atoms with Crippen LogP contribution in [0.2, 0.25) is 0 Å². The molecule has 0 saturated carbocycles. The minimum atomic E-state index is -0.772. The van der Waals surface area contributed by atoms with Crippen LogP contribution in [-0.2, 0) is 4.74 Å². The van der Waals surface area contributed by atoms with Crippen molar-refractivity contribution in [3.63, 3.8) is 0 Å². The smallest absolute Gasteiger partial charge is 0.376 e. The van der Waals surface area contributed by atoms with Gasteiger partial charge in [-0.2, -0.15) is 0 Å². The third-order valence-electron chi connectivity index (χ3n) is 1.29. The molecule has 1 aromatic rings. The van der Waals surface area contributed by atoms with Gasteiger partial charge in [-0.05, 0) is 0 Å². The highest BCUT2D eigenvalue weighted by atomic mass is 16.5. The number of nitrogens with two attached hydrogens (primary N) is 1. The van der Waals surface area contributed by atoms with Crippen molar-refractivity contribution in [3.05, 3.63) is 18.1 Å². The normalized spacial score (nSPS) is 9.31. The van der Waals surface area contributed by atoms with Crippen LogP contribution in [0.25, 0.3) is 0 Å². The molecule has 1 aromatic heterocycles. The molecule has 0 aromatic carbocycles. The third kappa shape index (κ3) is 1.98. The van der Waals surface area contributed by atoms with Gasteiger partial charge in [0.05, 0.1) is 19.1 Å². The molecule has 0 aliphatic carbocycles. The van der Waals surface area contributed by atoms with E-state index in [0.717, 1.165) is 0 Å². The Balaban J connectivity index is 2.89. The van der Waals surface area contributed by atoms with Crippen molar-refractivity contribution in [1.29, 1.82) is 0 Å². The van der Waals surface area contributed by atoms with Gasteiger partial charge < -0.3 is 20.2 Å². The number of methoxy groups -OCH3 is 1. The Labute approximate surface area is 73.6 Å². The Morgan fingerprint density at radius 2 is 2.31 bits per heavy atom. The van der Waals surface area contributed by atoms with Crippen molar-refractivity contribution >= 4 is 17.7 Å². The summed E-state index contributed by atoms with van der Waals surface area (Å²) < 4.78 is 9.17. The number of carbonyl (C=O) groups is 2. The van der Waals surface area contributed by atoms with E-state index in [1.807, 2.05) is 0 Å². The second-order valence-electron chi connectivity index (χ2n) is 2.14. The lowest BCUT2D eigenvalue weighted by Gasteiger charge is -1.99. The van der Waals surface area contributed by atoms with Crippen molar-refractivity contribution in [2.24, 2.45) is 5.73 Å². The Kier molecular flexibility index (Phi) is 2.53. The maximum absolute atomic E-state index is 11.0. The van der Waals surface area contributed by atoms with E-state index in [9.17, 15) is 9.59 Å². The molecule has 6 nitrogen and oxygen atoms in total. The first-order chi connectivity index (χ1) is 6.15. The number of ether oxygens (including phenoxy) is 1. The van der Waals surface area contributed by atoms with E-state index in [1.54, 1.807) is 0 Å². The SMILES string of the molecule is COC(=O)c1occc1NC(N)=O. The van der Waals surface area contributed by atoms with Crippen LogP contribution in [0.15, 0.2) is 16.7 Å². The van der Waals surface area contributed by atoms with Gasteiger partial charge in [-0.3, -0.25) is 0 Å². The second-order valence-corrected chi connectivity index (χ2v) is 2.14. The molecule has 0 spiro atoms. The quantitative estimate of drug-likeness (QED) is 0.656. The van der Waals surface area contributed by atoms with E-state index in [0.29, 0.717) is 0 Å². The summed E-state index contributed by atoms with van der Waals surface area (Å²) in [5, 5.41) is 2.21. The van der Waals surface area contributed by atoms with Gasteiger partial charge in [0.15, 0.2) is 0 Å². The number of rotatable bonds is 2. The van der Waals surface area contributed by atoms with Crippen LogP contribution in [-0.4, -0.2) is 19.1 Å². The Bertz CT molecular complexity index is 331. The number of nitrogens with one attached hydrogen (secondary N) is 1. The first kappa shape index (κ1) is 9.11. The summed E-state index contributed by atoms with van der Waals surface area (Å²) in [6, 6.07) is 0.628. The van der Waals surface area contributed by atoms with Gasteiger partial charge in [-0.1, -0.05) is 0 Å². The number of hydrogen-bond acceptors (Lipinski definition) is 4. The van der Waals surface area contributed by atoms with Crippen LogP contribution in [0.5, 0.6) is 0 Å². The summed E-state index contributed by atoms with van der Waals surface area (Å²) >= 11 is 0. The van der Waals surface area contributed by atoms with Crippen molar-refractivity contribution in [3.8, 4) is 0 Å². The summed E-state index contributed by atoms with van der Waals surface area (Å²) in [6.45, 7) is 0. The highest BCUT2D eigenvalue weighted by Gasteiger charge is 2.16. The first-order valence-corrected chi connectivity index (χ1v) is 3.37. The monoisotopic (exact) mass is 184 g/mol. The molecular formula is C7H8N2O4. The third-order valence-corrected chi connectivity index (χ3v) is 1.29. The van der Waals surface area contributed by atoms with E-state index < -0.39 is 12.0 Å². The Morgan fingerprint density at radius 3 is 2.85 bits per heavy atom. The maximum atomic E-state index is 11.0. The second kappa shape index (κ2) is 3.61. The lowest BCUT2D eigenvalue weighted by Crippen LogP contribution is -2.20. The van der Waals surface area contributed by atoms with E-state index in [2.05, 4.69) is 10.1 Å². The molecule has 3 N–H and O–H groups in total. The minimum Gasteiger partial charge on any atom is -0.463 e. The summed E-state index contributed by atoms with van der Waals surface area (Å²) in [4.78, 5) is 21.4. The molecule has 0 unspecified atom stereocenters. The number of anilines is 1. The van der Waals surface area contributed by atoms with Crippen molar-refractivity contribution in [2.75, 3.05) is 12.4 Å². The Hall–Kier alpha value is -1.98. The highest BCUT2D eigenvalue weighted by molar-refractivity contribution is 5.98. The lowest BCUT2D eigenvalue weighted by molar-refractivity contribution is 0.0566. The zero-order valence-electron chi connectivity index (χ0n) is 6.87. The molecule has 0 saturated heterocycles. The molecule has 1 rings (SSSR count). The standard InChI is InChI=1S/C7H8N2O4/c1-12-6(10)5-4(2-3-13-5)9-7(8)11/h2-3H,1H3,(H3,8,9,11). The zero-order valence-corrected chi connectivity index (χ0v) is 6.87. The van der Waals surface area contributed by atoms with Crippen LogP contribution < -0.4 is 11.1 Å². The van der Waals surface area contributed by atoms with Crippen molar-refractivity contribution in [2.45, 2.75) is 0 Å². The first-order valence-electron chi connectivity index (χ1n) is 3.37. The van der Waals surface area contributed by atoms with Crippen LogP contribution >= 0.6 is 0 Å². The molecule has 1 heterocycles. The lowest BCUT2D eigenvalue weighted by atomic mass is 10.4. The number of amides is 2. The van der Waals surface area contributed by atoms with Gasteiger partial charge >= 0.3 is 12.0 Å². The van der Waals surface area contributed by atoms with Crippen LogP contribution in [0.4, 0.5) is 10.5 Å². The average Bonchev–Trinajstić information content (AvgIpc) is 2.50. The van der Waals surface area contributed by atoms with E-state index >= 15 is 0 Å². The number of esters is 1. The molecule has 70 valence electrons. The van der Waals surface area contributed by atoms with Gasteiger partial charge in [-0.15, -0.1) is 0 Å². The van der Waals surface area contributed by atoms with Gasteiger partial charge in [0.25, 0.3) is 0 Å². The summed E-state index contributed by atoms with van der Waals surface area (Å²) in [6.07, 6.45) is 1.25. The summed E-state index contributed by atoms with van der Waals surface area (Å²) in [5.41, 5.74) is 5.04. The largest absolute Gasteiger partial charge is 0.463 e. The Morgan fingerprint density at radius 1 is 1.62 bits per heavy atom. The molecule has 0 fully saturated rings. The fourth-order valence-electron chi connectivity index (χ4n) is 0.791. The molecule has 0 bridgehead atoms. The van der Waals surface area contributed by atoms with E-state index in [4.69, 9.17) is 10.2 Å². The molecule has 2 amide bonds. The molecule has 0 aliphatic heterocycles. The van der Waals surface area contributed by atoms with Gasteiger partial charge in [0.1, 0.15) is 0 Å². The molecule has 0 radical (unpaired) electrons. The van der Waals surface area contributed by atoms with Crippen LogP contribution in [0.3, 0.4) is 0 Å². The highest BCUT2D eigenvalue weighted by Crippen LogP contribution is 2.16. The number of urea groups is 1.